The van der Waals surface area contributed by atoms with Crippen molar-refractivity contribution in [3.8, 4) is 0 Å². The van der Waals surface area contributed by atoms with Crippen molar-refractivity contribution in [3.05, 3.63) is 29.3 Å². The van der Waals surface area contributed by atoms with Gasteiger partial charge in [-0.15, -0.1) is 0 Å². The van der Waals surface area contributed by atoms with Crippen LogP contribution < -0.4 is 5.32 Å². The highest BCUT2D eigenvalue weighted by Gasteiger charge is 2.21. The van der Waals surface area contributed by atoms with Gasteiger partial charge < -0.3 is 5.32 Å². The summed E-state index contributed by atoms with van der Waals surface area (Å²) in [5, 5.41) is 3.20. The van der Waals surface area contributed by atoms with Crippen LogP contribution in [0.15, 0.2) is 18.2 Å². The van der Waals surface area contributed by atoms with Gasteiger partial charge in [0.25, 0.3) is 0 Å². The average Bonchev–Trinajstić information content (AvgIpc) is 2.46. The van der Waals surface area contributed by atoms with Crippen molar-refractivity contribution in [2.45, 2.75) is 12.8 Å². The number of fused-ring (bicyclic) bond motifs is 1. The van der Waals surface area contributed by atoms with Crippen LogP contribution in [-0.2, 0) is 0 Å². The molecule has 0 saturated carbocycles. The molecular weight excluding hydrogens is 153 g/mol. The first-order chi connectivity index (χ1) is 5.81. The van der Waals surface area contributed by atoms with Crippen LogP contribution in [0.2, 0.25) is 0 Å². The predicted molar refractivity (Wildman–Crippen MR) is 48.4 cm³/mol. The minimum atomic E-state index is -0.261. The standard InChI is InChI=1S/C10H12FN/c1-7-2-3-9-8(5-11)6-12-10(9)4-7/h2-4,8,12H,5-6H2,1H3. The van der Waals surface area contributed by atoms with Crippen molar-refractivity contribution < 1.29 is 4.39 Å². The Balaban J connectivity index is 2.40. The van der Waals surface area contributed by atoms with E-state index in [1.165, 1.54) is 5.56 Å². The first-order valence-electron chi connectivity index (χ1n) is 4.21. The molecule has 0 spiro atoms. The summed E-state index contributed by atoms with van der Waals surface area (Å²) in [5.74, 6) is 0.0700. The third-order valence-electron chi connectivity index (χ3n) is 2.37. The second-order valence-corrected chi connectivity index (χ2v) is 3.32. The van der Waals surface area contributed by atoms with Crippen LogP contribution in [0.3, 0.4) is 0 Å². The normalized spacial score (nSPS) is 20.3. The third-order valence-corrected chi connectivity index (χ3v) is 2.37. The van der Waals surface area contributed by atoms with E-state index in [1.807, 2.05) is 19.1 Å². The minimum Gasteiger partial charge on any atom is -0.384 e. The summed E-state index contributed by atoms with van der Waals surface area (Å²) in [6, 6.07) is 6.13. The summed E-state index contributed by atoms with van der Waals surface area (Å²) in [4.78, 5) is 0. The number of nitrogens with one attached hydrogen (secondary N) is 1. The molecule has 0 amide bonds. The largest absolute Gasteiger partial charge is 0.384 e. The lowest BCUT2D eigenvalue weighted by Gasteiger charge is -2.03. The molecule has 0 saturated heterocycles. The molecule has 1 unspecified atom stereocenters. The Kier molecular flexibility index (Phi) is 1.75. The van der Waals surface area contributed by atoms with Gasteiger partial charge >= 0.3 is 0 Å². The number of anilines is 1. The lowest BCUT2D eigenvalue weighted by molar-refractivity contribution is 0.447. The summed E-state index contributed by atoms with van der Waals surface area (Å²) in [6.07, 6.45) is 0. The summed E-state index contributed by atoms with van der Waals surface area (Å²) < 4.78 is 12.4. The van der Waals surface area contributed by atoms with E-state index < -0.39 is 0 Å². The van der Waals surface area contributed by atoms with Crippen molar-refractivity contribution in [3.63, 3.8) is 0 Å². The Morgan fingerprint density at radius 3 is 3.17 bits per heavy atom. The van der Waals surface area contributed by atoms with Crippen molar-refractivity contribution >= 4 is 5.69 Å². The van der Waals surface area contributed by atoms with Gasteiger partial charge in [-0.3, -0.25) is 4.39 Å². The van der Waals surface area contributed by atoms with Crippen LogP contribution in [0.4, 0.5) is 10.1 Å². The van der Waals surface area contributed by atoms with Gasteiger partial charge in [-0.05, 0) is 24.1 Å². The summed E-state index contributed by atoms with van der Waals surface area (Å²) in [6.45, 7) is 2.53. The molecular formula is C10H12FN. The molecule has 0 radical (unpaired) electrons. The quantitative estimate of drug-likeness (QED) is 0.674. The Bertz CT molecular complexity index is 296. The molecule has 1 aromatic rings. The van der Waals surface area contributed by atoms with Gasteiger partial charge in [-0.25, -0.2) is 0 Å². The predicted octanol–water partition coefficient (Wildman–Crippen LogP) is 2.47. The number of aryl methyl sites for hydroxylation is 1. The third kappa shape index (κ3) is 1.07. The van der Waals surface area contributed by atoms with Crippen LogP contribution in [0.25, 0.3) is 0 Å². The van der Waals surface area contributed by atoms with Gasteiger partial charge in [0, 0.05) is 18.2 Å². The zero-order valence-corrected chi connectivity index (χ0v) is 7.10. The molecule has 1 atom stereocenters. The van der Waals surface area contributed by atoms with E-state index in [9.17, 15) is 4.39 Å². The monoisotopic (exact) mass is 165 g/mol. The number of hydrogen-bond donors (Lipinski definition) is 1. The van der Waals surface area contributed by atoms with E-state index in [4.69, 9.17) is 0 Å². The molecule has 0 aromatic heterocycles. The second-order valence-electron chi connectivity index (χ2n) is 3.32. The fraction of sp³-hybridized carbons (Fsp3) is 0.400. The summed E-state index contributed by atoms with van der Waals surface area (Å²) in [5.41, 5.74) is 3.46. The highest BCUT2D eigenvalue weighted by molar-refractivity contribution is 5.59. The zero-order valence-electron chi connectivity index (χ0n) is 7.10. The van der Waals surface area contributed by atoms with Crippen molar-refractivity contribution in [1.82, 2.24) is 0 Å². The molecule has 12 heavy (non-hydrogen) atoms. The highest BCUT2D eigenvalue weighted by Crippen LogP contribution is 2.31. The Labute approximate surface area is 71.6 Å². The van der Waals surface area contributed by atoms with Crippen LogP contribution in [0, 0.1) is 6.92 Å². The van der Waals surface area contributed by atoms with E-state index in [0.717, 1.165) is 17.8 Å². The van der Waals surface area contributed by atoms with Gasteiger partial charge in [0.1, 0.15) is 0 Å². The van der Waals surface area contributed by atoms with Gasteiger partial charge in [-0.2, -0.15) is 0 Å². The first-order valence-corrected chi connectivity index (χ1v) is 4.21. The Morgan fingerprint density at radius 2 is 2.42 bits per heavy atom. The molecule has 2 heteroatoms. The van der Waals surface area contributed by atoms with E-state index >= 15 is 0 Å². The minimum absolute atomic E-state index is 0.0700. The average molecular weight is 165 g/mol. The fourth-order valence-electron chi connectivity index (χ4n) is 1.66. The molecule has 1 aliphatic rings. The molecule has 0 fully saturated rings. The fourth-order valence-corrected chi connectivity index (χ4v) is 1.66. The smallest absolute Gasteiger partial charge is 0.0980 e. The van der Waals surface area contributed by atoms with Crippen molar-refractivity contribution in [2.24, 2.45) is 0 Å². The number of hydrogen-bond acceptors (Lipinski definition) is 1. The number of alkyl halides is 1. The van der Waals surface area contributed by atoms with Crippen LogP contribution >= 0.6 is 0 Å². The van der Waals surface area contributed by atoms with Crippen LogP contribution in [0.5, 0.6) is 0 Å². The highest BCUT2D eigenvalue weighted by atomic mass is 19.1. The summed E-state index contributed by atoms with van der Waals surface area (Å²) in [7, 11) is 0. The summed E-state index contributed by atoms with van der Waals surface area (Å²) >= 11 is 0. The van der Waals surface area contributed by atoms with Gasteiger partial charge in [-0.1, -0.05) is 12.1 Å². The van der Waals surface area contributed by atoms with Crippen molar-refractivity contribution in [1.29, 1.82) is 0 Å². The van der Waals surface area contributed by atoms with E-state index in [0.29, 0.717) is 0 Å². The molecule has 64 valence electrons. The second kappa shape index (κ2) is 2.77. The Morgan fingerprint density at radius 1 is 1.58 bits per heavy atom. The molecule has 0 aliphatic carbocycles. The maximum Gasteiger partial charge on any atom is 0.0980 e. The topological polar surface area (TPSA) is 12.0 Å². The van der Waals surface area contributed by atoms with E-state index in [1.54, 1.807) is 0 Å². The number of rotatable bonds is 1. The van der Waals surface area contributed by atoms with Gasteiger partial charge in [0.05, 0.1) is 6.67 Å². The SMILES string of the molecule is Cc1ccc2c(c1)NCC2CF. The lowest BCUT2D eigenvalue weighted by atomic mass is 10.0. The molecule has 1 heterocycles. The zero-order chi connectivity index (χ0) is 8.55. The number of halogens is 1. The molecule has 1 aromatic carbocycles. The van der Waals surface area contributed by atoms with Crippen LogP contribution in [0.1, 0.15) is 17.0 Å². The lowest BCUT2D eigenvalue weighted by Crippen LogP contribution is -2.02. The molecule has 1 aliphatic heterocycles. The maximum atomic E-state index is 12.4. The van der Waals surface area contributed by atoms with Gasteiger partial charge in [0.15, 0.2) is 0 Å². The molecule has 1 nitrogen and oxygen atoms in total. The van der Waals surface area contributed by atoms with Crippen molar-refractivity contribution in [2.75, 3.05) is 18.5 Å². The molecule has 1 N–H and O–H groups in total. The Hall–Kier alpha value is -1.05. The van der Waals surface area contributed by atoms with Crippen LogP contribution in [-0.4, -0.2) is 13.2 Å². The van der Waals surface area contributed by atoms with Gasteiger partial charge in [0.2, 0.25) is 0 Å². The van der Waals surface area contributed by atoms with E-state index in [2.05, 4.69) is 11.4 Å². The number of benzene rings is 1. The van der Waals surface area contributed by atoms with E-state index in [-0.39, 0.29) is 12.6 Å². The molecule has 0 bridgehead atoms. The first kappa shape index (κ1) is 7.59. The molecule has 2 rings (SSSR count). The maximum absolute atomic E-state index is 12.4.